The quantitative estimate of drug-likeness (QED) is 0.850. The van der Waals surface area contributed by atoms with Gasteiger partial charge in [-0.1, -0.05) is 41.9 Å². The van der Waals surface area contributed by atoms with Gasteiger partial charge in [0, 0.05) is 10.5 Å². The van der Waals surface area contributed by atoms with Gasteiger partial charge in [0.05, 0.1) is 0 Å². The molecule has 1 aliphatic rings. The highest BCUT2D eigenvalue weighted by Crippen LogP contribution is 2.43. The number of hydrogen-bond donors (Lipinski definition) is 1. The molecule has 0 fully saturated rings. The molecule has 2 unspecified atom stereocenters. The number of nitrogens with one attached hydrogen (secondary N) is 1. The van der Waals surface area contributed by atoms with Crippen molar-refractivity contribution in [3.63, 3.8) is 0 Å². The highest BCUT2D eigenvalue weighted by molar-refractivity contribution is 9.10. The van der Waals surface area contributed by atoms with Gasteiger partial charge in [-0.25, -0.2) is 0 Å². The normalized spacial score (nSPS) is 25.1. The molecule has 1 aromatic carbocycles. The van der Waals surface area contributed by atoms with Gasteiger partial charge in [0.2, 0.25) is 0 Å². The van der Waals surface area contributed by atoms with Crippen LogP contribution in [0, 0.1) is 0 Å². The van der Waals surface area contributed by atoms with Crippen LogP contribution in [0.3, 0.4) is 0 Å². The summed E-state index contributed by atoms with van der Waals surface area (Å²) in [4.78, 5) is 0. The predicted octanol–water partition coefficient (Wildman–Crippen LogP) is 3.61. The molecule has 2 rings (SSSR count). The Morgan fingerprint density at radius 2 is 2.29 bits per heavy atom. The molecule has 0 radical (unpaired) electrons. The Bertz CT molecular complexity index is 335. The lowest BCUT2D eigenvalue weighted by Gasteiger charge is -2.11. The Kier molecular flexibility index (Phi) is 2.93. The molecular formula is C12H16BrN. The van der Waals surface area contributed by atoms with E-state index in [1.54, 1.807) is 0 Å². The fourth-order valence-electron chi connectivity index (χ4n) is 2.42. The van der Waals surface area contributed by atoms with E-state index in [4.69, 9.17) is 0 Å². The zero-order chi connectivity index (χ0) is 10.1. The van der Waals surface area contributed by atoms with Crippen LogP contribution in [0.2, 0.25) is 0 Å². The Hall–Kier alpha value is -0.340. The summed E-state index contributed by atoms with van der Waals surface area (Å²) in [5, 5.41) is 3.54. The Morgan fingerprint density at radius 3 is 3.00 bits per heavy atom. The van der Waals surface area contributed by atoms with Crippen LogP contribution in [0.1, 0.15) is 43.4 Å². The van der Waals surface area contributed by atoms with Crippen molar-refractivity contribution in [3.05, 3.63) is 33.8 Å². The second kappa shape index (κ2) is 4.03. The van der Waals surface area contributed by atoms with Crippen LogP contribution in [0.15, 0.2) is 22.7 Å². The van der Waals surface area contributed by atoms with Crippen LogP contribution >= 0.6 is 15.9 Å². The maximum Gasteiger partial charge on any atom is 0.0329 e. The molecule has 1 aliphatic carbocycles. The summed E-state index contributed by atoms with van der Waals surface area (Å²) in [5.41, 5.74) is 2.98. The molecular weight excluding hydrogens is 238 g/mol. The Morgan fingerprint density at radius 1 is 1.50 bits per heavy atom. The fourth-order valence-corrected chi connectivity index (χ4v) is 3.19. The smallest absolute Gasteiger partial charge is 0.0329 e. The number of fused-ring (bicyclic) bond motifs is 1. The molecule has 0 aromatic heterocycles. The van der Waals surface area contributed by atoms with Gasteiger partial charge < -0.3 is 5.32 Å². The largest absolute Gasteiger partial charge is 0.310 e. The first-order chi connectivity index (χ1) is 6.74. The zero-order valence-corrected chi connectivity index (χ0v) is 10.3. The summed E-state index contributed by atoms with van der Waals surface area (Å²) in [7, 11) is 0. The third-order valence-corrected chi connectivity index (χ3v) is 3.69. The highest BCUT2D eigenvalue weighted by atomic mass is 79.9. The van der Waals surface area contributed by atoms with Crippen molar-refractivity contribution >= 4 is 15.9 Å². The first-order valence-corrected chi connectivity index (χ1v) is 6.05. The van der Waals surface area contributed by atoms with Gasteiger partial charge in [-0.05, 0) is 36.1 Å². The molecule has 76 valence electrons. The van der Waals surface area contributed by atoms with Crippen molar-refractivity contribution in [1.29, 1.82) is 0 Å². The van der Waals surface area contributed by atoms with E-state index in [0.29, 0.717) is 12.0 Å². The van der Waals surface area contributed by atoms with E-state index in [0.717, 1.165) is 6.54 Å². The molecule has 1 nitrogen and oxygen atoms in total. The zero-order valence-electron chi connectivity index (χ0n) is 8.68. The summed E-state index contributed by atoms with van der Waals surface area (Å²) in [6.07, 6.45) is 1.23. The minimum atomic E-state index is 0.558. The third kappa shape index (κ3) is 1.61. The molecule has 0 saturated heterocycles. The highest BCUT2D eigenvalue weighted by Gasteiger charge is 2.28. The Balaban J connectivity index is 2.39. The number of halogens is 1. The number of benzene rings is 1. The third-order valence-electron chi connectivity index (χ3n) is 2.99. The molecule has 0 amide bonds. The summed E-state index contributed by atoms with van der Waals surface area (Å²) >= 11 is 3.64. The first-order valence-electron chi connectivity index (χ1n) is 5.25. The lowest BCUT2D eigenvalue weighted by molar-refractivity contribution is 0.521. The van der Waals surface area contributed by atoms with Gasteiger partial charge in [-0.15, -0.1) is 0 Å². The average Bonchev–Trinajstić information content (AvgIpc) is 2.46. The van der Waals surface area contributed by atoms with Crippen molar-refractivity contribution in [2.24, 2.45) is 0 Å². The Labute approximate surface area is 94.0 Å². The van der Waals surface area contributed by atoms with Gasteiger partial charge in [-0.2, -0.15) is 0 Å². The van der Waals surface area contributed by atoms with Crippen molar-refractivity contribution < 1.29 is 0 Å². The van der Waals surface area contributed by atoms with Gasteiger partial charge in [0.25, 0.3) is 0 Å². The molecule has 0 heterocycles. The van der Waals surface area contributed by atoms with E-state index in [-0.39, 0.29) is 0 Å². The van der Waals surface area contributed by atoms with E-state index < -0.39 is 0 Å². The average molecular weight is 254 g/mol. The van der Waals surface area contributed by atoms with Crippen molar-refractivity contribution in [2.45, 2.75) is 32.2 Å². The monoisotopic (exact) mass is 253 g/mol. The molecule has 0 aliphatic heterocycles. The molecule has 2 heteroatoms. The van der Waals surface area contributed by atoms with E-state index in [1.807, 2.05) is 0 Å². The predicted molar refractivity (Wildman–Crippen MR) is 63.6 cm³/mol. The fraction of sp³-hybridized carbons (Fsp3) is 0.500. The first kappa shape index (κ1) is 10.2. The minimum Gasteiger partial charge on any atom is -0.310 e. The van der Waals surface area contributed by atoms with Crippen LogP contribution in [-0.4, -0.2) is 6.54 Å². The standard InChI is InChI=1S/C12H16BrN/c1-3-14-11-7-8(2)12-9(11)5-4-6-10(12)13/h4-6,8,11,14H,3,7H2,1-2H3. The molecule has 0 saturated carbocycles. The van der Waals surface area contributed by atoms with Gasteiger partial charge in [0.1, 0.15) is 0 Å². The van der Waals surface area contributed by atoms with Crippen LogP contribution in [0.25, 0.3) is 0 Å². The molecule has 0 spiro atoms. The summed E-state index contributed by atoms with van der Waals surface area (Å²) < 4.78 is 1.27. The lowest BCUT2D eigenvalue weighted by Crippen LogP contribution is -2.18. The summed E-state index contributed by atoms with van der Waals surface area (Å²) in [6, 6.07) is 7.08. The van der Waals surface area contributed by atoms with Gasteiger partial charge in [-0.3, -0.25) is 0 Å². The van der Waals surface area contributed by atoms with Crippen LogP contribution in [-0.2, 0) is 0 Å². The second-order valence-electron chi connectivity index (χ2n) is 3.99. The van der Waals surface area contributed by atoms with Gasteiger partial charge >= 0.3 is 0 Å². The van der Waals surface area contributed by atoms with Crippen molar-refractivity contribution in [3.8, 4) is 0 Å². The van der Waals surface area contributed by atoms with E-state index in [1.165, 1.54) is 22.0 Å². The summed E-state index contributed by atoms with van der Waals surface area (Å²) in [6.45, 7) is 5.52. The minimum absolute atomic E-state index is 0.558. The van der Waals surface area contributed by atoms with Crippen molar-refractivity contribution in [1.82, 2.24) is 5.32 Å². The van der Waals surface area contributed by atoms with E-state index >= 15 is 0 Å². The van der Waals surface area contributed by atoms with Crippen molar-refractivity contribution in [2.75, 3.05) is 6.54 Å². The summed E-state index contributed by atoms with van der Waals surface area (Å²) in [5.74, 6) is 0.671. The van der Waals surface area contributed by atoms with Crippen LogP contribution in [0.4, 0.5) is 0 Å². The van der Waals surface area contributed by atoms with Crippen LogP contribution in [0.5, 0.6) is 0 Å². The molecule has 2 atom stereocenters. The molecule has 1 N–H and O–H groups in total. The molecule has 1 aromatic rings. The SMILES string of the molecule is CCNC1CC(C)c2c(Br)cccc21. The molecule has 0 bridgehead atoms. The number of rotatable bonds is 2. The van der Waals surface area contributed by atoms with E-state index in [9.17, 15) is 0 Å². The second-order valence-corrected chi connectivity index (χ2v) is 4.84. The maximum atomic E-state index is 3.64. The topological polar surface area (TPSA) is 12.0 Å². The van der Waals surface area contributed by atoms with E-state index in [2.05, 4.69) is 53.3 Å². The lowest BCUT2D eigenvalue weighted by atomic mass is 10.0. The maximum absolute atomic E-state index is 3.64. The van der Waals surface area contributed by atoms with Crippen LogP contribution < -0.4 is 5.32 Å². The van der Waals surface area contributed by atoms with Gasteiger partial charge in [0.15, 0.2) is 0 Å². The number of hydrogen-bond acceptors (Lipinski definition) is 1. The molecule has 14 heavy (non-hydrogen) atoms.